The third-order valence-electron chi connectivity index (χ3n) is 3.52. The quantitative estimate of drug-likeness (QED) is 0.495. The van der Waals surface area contributed by atoms with Gasteiger partial charge in [0, 0.05) is 12.8 Å². The molecule has 21 heavy (non-hydrogen) atoms. The lowest BCUT2D eigenvalue weighted by Crippen LogP contribution is -1.99. The molecule has 0 amide bonds. The molecule has 4 heteroatoms. The Bertz CT molecular complexity index is 538. The fourth-order valence-corrected chi connectivity index (χ4v) is 2.06. The predicted molar refractivity (Wildman–Crippen MR) is 78.9 cm³/mol. The van der Waals surface area contributed by atoms with Gasteiger partial charge in [-0.15, -0.1) is 0 Å². The molecule has 1 aliphatic rings. The zero-order valence-corrected chi connectivity index (χ0v) is 12.3. The number of epoxide rings is 1. The van der Waals surface area contributed by atoms with E-state index in [1.807, 2.05) is 6.92 Å². The zero-order chi connectivity index (χ0) is 15.2. The molecule has 112 valence electrons. The summed E-state index contributed by atoms with van der Waals surface area (Å²) in [5.41, 5.74) is 0.762. The second-order valence-corrected chi connectivity index (χ2v) is 5.14. The Labute approximate surface area is 125 Å². The van der Waals surface area contributed by atoms with Crippen molar-refractivity contribution in [2.75, 3.05) is 7.11 Å². The van der Waals surface area contributed by atoms with Gasteiger partial charge in [-0.05, 0) is 37.0 Å². The molecule has 0 aromatic heterocycles. The number of aliphatic hydroxyl groups is 1. The predicted octanol–water partition coefficient (Wildman–Crippen LogP) is 2.26. The van der Waals surface area contributed by atoms with Crippen LogP contribution in [0.3, 0.4) is 0 Å². The topological polar surface area (TPSA) is 59.1 Å². The summed E-state index contributed by atoms with van der Waals surface area (Å²) >= 11 is 0. The Morgan fingerprint density at radius 3 is 2.67 bits per heavy atom. The Balaban J connectivity index is 1.75. The number of aliphatic hydroxyl groups excluding tert-OH is 1. The minimum atomic E-state index is -0.692. The molecule has 1 aromatic rings. The van der Waals surface area contributed by atoms with E-state index in [9.17, 15) is 9.90 Å². The molecule has 1 aliphatic heterocycles. The summed E-state index contributed by atoms with van der Waals surface area (Å²) in [5.74, 6) is 5.96. The Kier molecular flexibility index (Phi) is 5.38. The highest BCUT2D eigenvalue weighted by molar-refractivity contribution is 5.95. The summed E-state index contributed by atoms with van der Waals surface area (Å²) in [6.07, 6.45) is 1.20. The molecule has 1 N–H and O–H groups in total. The van der Waals surface area contributed by atoms with Crippen LogP contribution in [0.4, 0.5) is 0 Å². The summed E-state index contributed by atoms with van der Waals surface area (Å²) in [5, 5.41) is 9.99. The monoisotopic (exact) mass is 288 g/mol. The van der Waals surface area contributed by atoms with Gasteiger partial charge in [-0.1, -0.05) is 18.1 Å². The lowest BCUT2D eigenvalue weighted by molar-refractivity contribution is -0.114. The standard InChI is InChI=1S/C17H20O4/c1-12-17(21-12)11-8-14(18)4-3-5-16(19)13-6-9-15(20-2)10-7-13/h6-7,9-10,12,16-17,19H,5,8,11H2,1-2H3. The number of carbonyl (C=O) groups is 1. The Morgan fingerprint density at radius 1 is 1.43 bits per heavy atom. The second kappa shape index (κ2) is 7.26. The van der Waals surface area contributed by atoms with E-state index in [1.165, 1.54) is 0 Å². The van der Waals surface area contributed by atoms with Gasteiger partial charge in [0.25, 0.3) is 0 Å². The van der Waals surface area contributed by atoms with Crippen molar-refractivity contribution in [1.82, 2.24) is 0 Å². The van der Waals surface area contributed by atoms with E-state index in [1.54, 1.807) is 31.4 Å². The van der Waals surface area contributed by atoms with Crippen LogP contribution in [0.1, 0.15) is 37.9 Å². The van der Waals surface area contributed by atoms with Crippen molar-refractivity contribution in [2.45, 2.75) is 44.5 Å². The average molecular weight is 288 g/mol. The van der Waals surface area contributed by atoms with E-state index < -0.39 is 6.10 Å². The molecule has 3 unspecified atom stereocenters. The van der Waals surface area contributed by atoms with Crippen LogP contribution in [0.2, 0.25) is 0 Å². The van der Waals surface area contributed by atoms with E-state index >= 15 is 0 Å². The smallest absolute Gasteiger partial charge is 0.205 e. The first kappa shape index (κ1) is 15.6. The largest absolute Gasteiger partial charge is 0.497 e. The molecular formula is C17H20O4. The number of methoxy groups -OCH3 is 1. The maximum atomic E-state index is 11.6. The van der Waals surface area contributed by atoms with Crippen molar-refractivity contribution in [2.24, 2.45) is 0 Å². The Hall–Kier alpha value is -1.83. The van der Waals surface area contributed by atoms with Gasteiger partial charge >= 0.3 is 0 Å². The molecule has 1 saturated heterocycles. The molecule has 0 radical (unpaired) electrons. The number of rotatable bonds is 6. The van der Waals surface area contributed by atoms with Gasteiger partial charge in [0.15, 0.2) is 0 Å². The fraction of sp³-hybridized carbons (Fsp3) is 0.471. The maximum absolute atomic E-state index is 11.6. The molecule has 1 aromatic carbocycles. The number of carbonyl (C=O) groups excluding carboxylic acids is 1. The van der Waals surface area contributed by atoms with Crippen molar-refractivity contribution >= 4 is 5.78 Å². The summed E-state index contributed by atoms with van der Waals surface area (Å²) in [6.45, 7) is 1.99. The van der Waals surface area contributed by atoms with Crippen LogP contribution in [-0.4, -0.2) is 30.2 Å². The Morgan fingerprint density at radius 2 is 2.10 bits per heavy atom. The molecular weight excluding hydrogens is 268 g/mol. The highest BCUT2D eigenvalue weighted by Crippen LogP contribution is 2.25. The highest BCUT2D eigenvalue weighted by Gasteiger charge is 2.33. The lowest BCUT2D eigenvalue weighted by atomic mass is 10.1. The number of ether oxygens (including phenoxy) is 2. The van der Waals surface area contributed by atoms with Crippen LogP contribution in [0.15, 0.2) is 24.3 Å². The van der Waals surface area contributed by atoms with Crippen LogP contribution >= 0.6 is 0 Å². The normalized spacial score (nSPS) is 21.1. The third-order valence-corrected chi connectivity index (χ3v) is 3.52. The first-order valence-corrected chi connectivity index (χ1v) is 7.09. The van der Waals surface area contributed by atoms with Crippen LogP contribution < -0.4 is 4.74 Å². The van der Waals surface area contributed by atoms with Gasteiger partial charge in [-0.3, -0.25) is 4.79 Å². The van der Waals surface area contributed by atoms with Crippen molar-refractivity contribution in [1.29, 1.82) is 0 Å². The van der Waals surface area contributed by atoms with Gasteiger partial charge in [-0.2, -0.15) is 0 Å². The van der Waals surface area contributed by atoms with Gasteiger partial charge in [0.2, 0.25) is 5.78 Å². The second-order valence-electron chi connectivity index (χ2n) is 5.14. The number of hydrogen-bond donors (Lipinski definition) is 1. The van der Waals surface area contributed by atoms with Crippen molar-refractivity contribution in [3.8, 4) is 17.6 Å². The molecule has 0 spiro atoms. The molecule has 1 fully saturated rings. The summed E-state index contributed by atoms with van der Waals surface area (Å²) in [7, 11) is 1.59. The van der Waals surface area contributed by atoms with Crippen LogP contribution in [0.5, 0.6) is 5.75 Å². The van der Waals surface area contributed by atoms with E-state index in [0.29, 0.717) is 6.42 Å². The highest BCUT2D eigenvalue weighted by atomic mass is 16.6. The van der Waals surface area contributed by atoms with Crippen LogP contribution in [0.25, 0.3) is 0 Å². The van der Waals surface area contributed by atoms with Crippen molar-refractivity contribution in [3.05, 3.63) is 29.8 Å². The molecule has 3 atom stereocenters. The first-order chi connectivity index (χ1) is 10.1. The minimum absolute atomic E-state index is 0.0976. The molecule has 0 aliphatic carbocycles. The van der Waals surface area contributed by atoms with E-state index in [4.69, 9.17) is 9.47 Å². The van der Waals surface area contributed by atoms with Gasteiger partial charge in [0.1, 0.15) is 5.75 Å². The first-order valence-electron chi connectivity index (χ1n) is 7.09. The van der Waals surface area contributed by atoms with Crippen LogP contribution in [0, 0.1) is 11.8 Å². The van der Waals surface area contributed by atoms with Crippen LogP contribution in [-0.2, 0) is 9.53 Å². The lowest BCUT2D eigenvalue weighted by Gasteiger charge is -2.07. The number of benzene rings is 1. The summed E-state index contributed by atoms with van der Waals surface area (Å²) in [4.78, 5) is 11.6. The van der Waals surface area contributed by atoms with E-state index in [0.717, 1.165) is 17.7 Å². The van der Waals surface area contributed by atoms with Gasteiger partial charge < -0.3 is 14.6 Å². The molecule has 0 bridgehead atoms. The van der Waals surface area contributed by atoms with Crippen molar-refractivity contribution < 1.29 is 19.4 Å². The maximum Gasteiger partial charge on any atom is 0.205 e. The average Bonchev–Trinajstić information content (AvgIpc) is 3.21. The van der Waals surface area contributed by atoms with Gasteiger partial charge in [-0.25, -0.2) is 0 Å². The minimum Gasteiger partial charge on any atom is -0.497 e. The summed E-state index contributed by atoms with van der Waals surface area (Å²) in [6, 6.07) is 7.15. The van der Waals surface area contributed by atoms with Gasteiger partial charge in [0.05, 0.1) is 25.4 Å². The molecule has 4 nitrogen and oxygen atoms in total. The molecule has 1 heterocycles. The molecule has 2 rings (SSSR count). The fourth-order valence-electron chi connectivity index (χ4n) is 2.06. The number of Topliss-reactive ketones (excluding diaryl/α,β-unsaturated/α-hetero) is 1. The summed E-state index contributed by atoms with van der Waals surface area (Å²) < 4.78 is 10.3. The number of ketones is 1. The van der Waals surface area contributed by atoms with Crippen molar-refractivity contribution in [3.63, 3.8) is 0 Å². The third kappa shape index (κ3) is 4.89. The van der Waals surface area contributed by atoms with E-state index in [2.05, 4.69) is 11.8 Å². The molecule has 0 saturated carbocycles. The SMILES string of the molecule is COc1ccc(C(O)CC#CC(=O)CCC2OC2C)cc1. The zero-order valence-electron chi connectivity index (χ0n) is 12.3. The van der Waals surface area contributed by atoms with E-state index in [-0.39, 0.29) is 24.4 Å². The number of hydrogen-bond acceptors (Lipinski definition) is 4.